The van der Waals surface area contributed by atoms with E-state index in [0.29, 0.717) is 0 Å². The Morgan fingerprint density at radius 3 is 2.44 bits per heavy atom. The predicted octanol–water partition coefficient (Wildman–Crippen LogP) is 1.89. The van der Waals surface area contributed by atoms with Crippen molar-refractivity contribution in [2.24, 2.45) is 0 Å². The van der Waals surface area contributed by atoms with Gasteiger partial charge in [0.1, 0.15) is 8.07 Å². The average Bonchev–Trinajstić information content (AvgIpc) is 1.83. The summed E-state index contributed by atoms with van der Waals surface area (Å²) in [7, 11) is -1.48. The molecule has 0 unspecified atom stereocenters. The van der Waals surface area contributed by atoms with Gasteiger partial charge in [-0.3, -0.25) is 0 Å². The van der Waals surface area contributed by atoms with E-state index in [1.807, 2.05) is 25.6 Å². The zero-order valence-electron chi connectivity index (χ0n) is 8.08. The van der Waals surface area contributed by atoms with Gasteiger partial charge in [0, 0.05) is 0 Å². The fraction of sp³-hybridized carbons (Fsp3) is 0.500. The van der Waals surface area contributed by atoms with Crippen LogP contribution in [0.5, 0.6) is 0 Å². The summed E-state index contributed by atoms with van der Waals surface area (Å²) in [5, 5.41) is 0. The van der Waals surface area contributed by atoms with Gasteiger partial charge < -0.3 is 0 Å². The van der Waals surface area contributed by atoms with Crippen molar-refractivity contribution < 1.29 is 2.74 Å². The summed E-state index contributed by atoms with van der Waals surface area (Å²) >= 11 is 0. The van der Waals surface area contributed by atoms with Crippen LogP contribution in [0.1, 0.15) is 9.11 Å². The first-order chi connectivity index (χ1) is 4.77. The van der Waals surface area contributed by atoms with E-state index >= 15 is 0 Å². The predicted molar refractivity (Wildman–Crippen MR) is 44.6 cm³/mol. The van der Waals surface area contributed by atoms with Gasteiger partial charge in [-0.25, -0.2) is 0 Å². The van der Waals surface area contributed by atoms with Gasteiger partial charge in [-0.15, -0.1) is 12.0 Å². The van der Waals surface area contributed by atoms with Crippen molar-refractivity contribution in [2.45, 2.75) is 26.0 Å². The van der Waals surface area contributed by atoms with Gasteiger partial charge in [0.2, 0.25) is 0 Å². The molecular formula is C8H12Si. The lowest BCUT2D eigenvalue weighted by Gasteiger charge is -2.02. The molecule has 0 atom stereocenters. The Morgan fingerprint density at radius 1 is 1.56 bits per heavy atom. The highest BCUT2D eigenvalue weighted by molar-refractivity contribution is 6.83. The van der Waals surface area contributed by atoms with Crippen LogP contribution in [0.3, 0.4) is 0 Å². The Morgan fingerprint density at radius 2 is 2.11 bits per heavy atom. The molecule has 0 nitrogen and oxygen atoms in total. The first kappa shape index (κ1) is 5.15. The van der Waals surface area contributed by atoms with Gasteiger partial charge in [-0.05, 0) is 0 Å². The van der Waals surface area contributed by atoms with E-state index in [-0.39, 0.29) is 0 Å². The van der Waals surface area contributed by atoms with Crippen LogP contribution in [-0.4, -0.2) is 8.07 Å². The third-order valence-electron chi connectivity index (χ3n) is 0.572. The number of hydrogen-bond acceptors (Lipinski definition) is 0. The van der Waals surface area contributed by atoms with Crippen molar-refractivity contribution in [3.05, 3.63) is 0 Å². The Kier molecular flexibility index (Phi) is 1.93. The molecule has 9 heavy (non-hydrogen) atoms. The first-order valence-electron chi connectivity index (χ1n) is 3.79. The van der Waals surface area contributed by atoms with Crippen molar-refractivity contribution in [3.8, 4) is 23.8 Å². The second kappa shape index (κ2) is 3.38. The van der Waals surface area contributed by atoms with Crippen LogP contribution in [0.4, 0.5) is 0 Å². The van der Waals surface area contributed by atoms with E-state index in [2.05, 4.69) is 11.5 Å². The van der Waals surface area contributed by atoms with Gasteiger partial charge in [0.25, 0.3) is 0 Å². The van der Waals surface area contributed by atoms with Crippen LogP contribution in [0.15, 0.2) is 0 Å². The summed E-state index contributed by atoms with van der Waals surface area (Å²) in [5.74, 6) is 4.45. The molecule has 0 aliphatic carbocycles. The quantitative estimate of drug-likeness (QED) is 0.354. The number of terminal acetylenes is 1. The summed E-state index contributed by atoms with van der Waals surface area (Å²) in [6.07, 6.45) is 3.17. The maximum atomic E-state index is 7.13. The molecule has 0 saturated heterocycles. The molecule has 0 radical (unpaired) electrons. The highest BCUT2D eigenvalue weighted by Gasteiger charge is 2.06. The van der Waals surface area contributed by atoms with Crippen LogP contribution in [0, 0.1) is 23.8 Å². The molecule has 0 N–H and O–H groups in total. The lowest BCUT2D eigenvalue weighted by Crippen LogP contribution is -2.16. The molecule has 0 aliphatic rings. The van der Waals surface area contributed by atoms with Crippen LogP contribution in [0.25, 0.3) is 0 Å². The van der Waals surface area contributed by atoms with E-state index in [4.69, 9.17) is 9.16 Å². The van der Waals surface area contributed by atoms with Gasteiger partial charge in [0.15, 0.2) is 0 Å². The fourth-order valence-corrected chi connectivity index (χ4v) is 0.692. The maximum absolute atomic E-state index is 7.13. The SMILES string of the molecule is [2H]C([2H])(C#C)C#C[Si](C)(C)C. The average molecular weight is 138 g/mol. The Hall–Kier alpha value is -0.663. The Labute approximate surface area is 61.5 Å². The second-order valence-electron chi connectivity index (χ2n) is 2.77. The Balaban J connectivity index is 4.46. The van der Waals surface area contributed by atoms with E-state index in [9.17, 15) is 0 Å². The zero-order valence-corrected chi connectivity index (χ0v) is 7.08. The van der Waals surface area contributed by atoms with Gasteiger partial charge in [-0.1, -0.05) is 31.5 Å². The van der Waals surface area contributed by atoms with Crippen molar-refractivity contribution in [1.29, 1.82) is 0 Å². The second-order valence-corrected chi connectivity index (χ2v) is 7.52. The molecule has 0 amide bonds. The number of rotatable bonds is 0. The van der Waals surface area contributed by atoms with Crippen LogP contribution in [-0.2, 0) is 0 Å². The normalized spacial score (nSPS) is 14.0. The minimum atomic E-state index is -1.75. The minimum absolute atomic E-state index is 1.48. The molecule has 0 rings (SSSR count). The zero-order chi connectivity index (χ0) is 9.12. The molecule has 48 valence electrons. The van der Waals surface area contributed by atoms with E-state index in [1.54, 1.807) is 0 Å². The van der Waals surface area contributed by atoms with Gasteiger partial charge in [-0.2, -0.15) is 0 Å². The molecule has 0 spiro atoms. The van der Waals surface area contributed by atoms with E-state index in [1.165, 1.54) is 0 Å². The summed E-state index contributed by atoms with van der Waals surface area (Å²) in [6.45, 7) is 6.14. The molecule has 0 aliphatic heterocycles. The molecule has 0 saturated carbocycles. The van der Waals surface area contributed by atoms with Gasteiger partial charge >= 0.3 is 0 Å². The highest BCUT2D eigenvalue weighted by Crippen LogP contribution is 1.95. The van der Waals surface area contributed by atoms with Crippen LogP contribution in [0.2, 0.25) is 19.6 Å². The molecule has 0 aromatic carbocycles. The summed E-state index contributed by atoms with van der Waals surface area (Å²) in [6, 6.07) is 0. The highest BCUT2D eigenvalue weighted by atomic mass is 28.3. The molecule has 1 heteroatoms. The topological polar surface area (TPSA) is 0 Å². The largest absolute Gasteiger partial charge is 0.131 e. The first-order valence-corrected chi connectivity index (χ1v) is 6.29. The summed E-state index contributed by atoms with van der Waals surface area (Å²) in [5.41, 5.74) is 2.88. The lowest BCUT2D eigenvalue weighted by molar-refractivity contribution is 1.57. The van der Waals surface area contributed by atoms with Gasteiger partial charge in [0.05, 0.1) is 9.11 Å². The molecule has 0 bridgehead atoms. The minimum Gasteiger partial charge on any atom is -0.131 e. The lowest BCUT2D eigenvalue weighted by atomic mass is 10.5. The monoisotopic (exact) mass is 138 g/mol. The van der Waals surface area contributed by atoms with Crippen molar-refractivity contribution >= 4 is 8.07 Å². The third kappa shape index (κ3) is 7.34. The molecule has 0 heterocycles. The Bertz CT molecular complexity index is 232. The van der Waals surface area contributed by atoms with Crippen molar-refractivity contribution in [2.75, 3.05) is 0 Å². The molecule has 0 fully saturated rings. The smallest absolute Gasteiger partial charge is 0.129 e. The van der Waals surface area contributed by atoms with E-state index < -0.39 is 14.4 Å². The maximum Gasteiger partial charge on any atom is 0.129 e. The molecule has 0 aromatic rings. The van der Waals surface area contributed by atoms with Crippen LogP contribution < -0.4 is 0 Å². The standard InChI is InChI=1S/C8H12Si/c1-5-6-7-8-9(2,3)4/h1H,6H2,2-4H3/i6D2. The van der Waals surface area contributed by atoms with Crippen molar-refractivity contribution in [1.82, 2.24) is 0 Å². The van der Waals surface area contributed by atoms with Crippen molar-refractivity contribution in [3.63, 3.8) is 0 Å². The summed E-state index contributed by atoms with van der Waals surface area (Å²) < 4.78 is 14.3. The van der Waals surface area contributed by atoms with E-state index in [0.717, 1.165) is 0 Å². The fourth-order valence-electron chi connectivity index (χ4n) is 0.255. The molecular weight excluding hydrogens is 124 g/mol. The number of hydrogen-bond donors (Lipinski definition) is 0. The summed E-state index contributed by atoms with van der Waals surface area (Å²) in [4.78, 5) is 0. The molecule has 0 aromatic heterocycles. The third-order valence-corrected chi connectivity index (χ3v) is 1.45. The van der Waals surface area contributed by atoms with Crippen LogP contribution >= 0.6 is 0 Å².